The van der Waals surface area contributed by atoms with Crippen molar-refractivity contribution in [2.75, 3.05) is 10.6 Å². The van der Waals surface area contributed by atoms with Crippen molar-refractivity contribution in [1.82, 2.24) is 0 Å². The van der Waals surface area contributed by atoms with Gasteiger partial charge in [-0.05, 0) is 36.4 Å². The van der Waals surface area contributed by atoms with Crippen LogP contribution in [0, 0.1) is 0 Å². The molecule has 0 aromatic heterocycles. The maximum Gasteiger partial charge on any atom is 0.337 e. The lowest BCUT2D eigenvalue weighted by Gasteiger charge is -2.16. The molecule has 0 heterocycles. The number of para-hydroxylation sites is 3. The molecule has 0 aliphatic carbocycles. The molecule has 0 atom stereocenters. The van der Waals surface area contributed by atoms with E-state index in [0.29, 0.717) is 29.3 Å². The Morgan fingerprint density at radius 2 is 1.21 bits per heavy atom. The summed E-state index contributed by atoms with van der Waals surface area (Å²) in [5, 5.41) is 25.1. The van der Waals surface area contributed by atoms with E-state index in [4.69, 9.17) is 0 Å². The van der Waals surface area contributed by atoms with Crippen LogP contribution in [0.5, 0.6) is 0 Å². The average molecular weight is 378 g/mol. The molecule has 3 aromatic carbocycles. The number of hydrogen-bond acceptors (Lipinski definition) is 4. The maximum atomic E-state index is 11.6. The van der Waals surface area contributed by atoms with Crippen LogP contribution in [0.2, 0.25) is 0 Å². The highest BCUT2D eigenvalue weighted by Crippen LogP contribution is 2.31. The van der Waals surface area contributed by atoms with Gasteiger partial charge in [0.15, 0.2) is 0 Å². The van der Waals surface area contributed by atoms with E-state index in [1.54, 1.807) is 54.6 Å². The van der Waals surface area contributed by atoms with Gasteiger partial charge in [-0.3, -0.25) is 0 Å². The summed E-state index contributed by atoms with van der Waals surface area (Å²) < 4.78 is 0. The summed E-state index contributed by atoms with van der Waals surface area (Å²) in [6.45, 7) is 0.491. The Morgan fingerprint density at radius 1 is 0.714 bits per heavy atom. The van der Waals surface area contributed by atoms with Gasteiger partial charge in [0.25, 0.3) is 0 Å². The molecule has 7 nitrogen and oxygen atoms in total. The summed E-state index contributed by atoms with van der Waals surface area (Å²) in [7, 11) is 0. The molecule has 0 aliphatic heterocycles. The van der Waals surface area contributed by atoms with Crippen LogP contribution in [0.3, 0.4) is 0 Å². The predicted molar refractivity (Wildman–Crippen MR) is 106 cm³/mol. The molecule has 142 valence electrons. The van der Waals surface area contributed by atoms with E-state index in [-0.39, 0.29) is 11.1 Å². The van der Waals surface area contributed by atoms with Gasteiger partial charge in [-0.25, -0.2) is 9.59 Å². The molecule has 0 amide bonds. The van der Waals surface area contributed by atoms with Gasteiger partial charge in [0.2, 0.25) is 0 Å². The van der Waals surface area contributed by atoms with Gasteiger partial charge in [0, 0.05) is 5.56 Å². The second-order valence-corrected chi connectivity index (χ2v) is 6.08. The number of quaternary nitrogens is 1. The summed E-state index contributed by atoms with van der Waals surface area (Å²) >= 11 is 0. The molecule has 0 aliphatic rings. The lowest BCUT2D eigenvalue weighted by atomic mass is 10.1. The van der Waals surface area contributed by atoms with Crippen LogP contribution in [-0.4, -0.2) is 22.2 Å². The van der Waals surface area contributed by atoms with Crippen LogP contribution in [0.25, 0.3) is 0 Å². The van der Waals surface area contributed by atoms with E-state index in [2.05, 4.69) is 16.4 Å². The monoisotopic (exact) mass is 378 g/mol. The molecular weight excluding hydrogens is 358 g/mol. The Hall–Kier alpha value is -3.84. The minimum Gasteiger partial charge on any atom is -0.478 e. The summed E-state index contributed by atoms with van der Waals surface area (Å²) in [6.07, 6.45) is 0. The molecule has 7 N–H and O–H groups in total. The van der Waals surface area contributed by atoms with Crippen molar-refractivity contribution in [3.05, 3.63) is 83.4 Å². The van der Waals surface area contributed by atoms with Gasteiger partial charge in [-0.2, -0.15) is 0 Å². The van der Waals surface area contributed by atoms with Gasteiger partial charge in [0.05, 0.1) is 40.4 Å². The van der Waals surface area contributed by atoms with E-state index in [1.165, 1.54) is 6.07 Å². The zero-order valence-corrected chi connectivity index (χ0v) is 15.0. The standard InChI is InChI=1S/C21H19N3O4/c22-12-13-9-10-17(15(11-13)21(27)28)24-19-8-4-3-7-18(19)23-16-6-2-1-5-14(16)20(25)26/h1-11,23-24H,12,22H2,(H,25,26)(H,27,28)/p+1. The summed E-state index contributed by atoms with van der Waals surface area (Å²) in [4.78, 5) is 23.1. The minimum absolute atomic E-state index is 0.141. The number of hydrogen-bond donors (Lipinski definition) is 5. The summed E-state index contributed by atoms with van der Waals surface area (Å²) in [5.74, 6) is -2.08. The number of carbonyl (C=O) groups is 2. The molecule has 0 bridgehead atoms. The molecule has 0 unspecified atom stereocenters. The number of rotatable bonds is 7. The lowest BCUT2D eigenvalue weighted by Crippen LogP contribution is -2.47. The highest BCUT2D eigenvalue weighted by atomic mass is 16.4. The molecule has 0 spiro atoms. The average Bonchev–Trinajstić information content (AvgIpc) is 2.70. The molecule has 3 aromatic rings. The van der Waals surface area contributed by atoms with Crippen molar-refractivity contribution >= 4 is 34.7 Å². The van der Waals surface area contributed by atoms with E-state index in [0.717, 1.165) is 5.56 Å². The molecule has 7 heteroatoms. The Morgan fingerprint density at radius 3 is 1.75 bits per heavy atom. The van der Waals surface area contributed by atoms with Gasteiger partial charge in [-0.15, -0.1) is 0 Å². The number of anilines is 4. The first-order valence-corrected chi connectivity index (χ1v) is 8.60. The molecule has 0 fully saturated rings. The normalized spacial score (nSPS) is 10.3. The Balaban J connectivity index is 1.97. The predicted octanol–water partition coefficient (Wildman–Crippen LogP) is 3.31. The van der Waals surface area contributed by atoms with Crippen molar-refractivity contribution in [3.63, 3.8) is 0 Å². The Labute approximate surface area is 161 Å². The molecule has 28 heavy (non-hydrogen) atoms. The number of carboxylic acids is 2. The van der Waals surface area contributed by atoms with Gasteiger partial charge in [-0.1, -0.05) is 30.3 Å². The Bertz CT molecular complexity index is 1030. The van der Waals surface area contributed by atoms with Crippen LogP contribution < -0.4 is 16.4 Å². The lowest BCUT2D eigenvalue weighted by molar-refractivity contribution is -0.386. The topological polar surface area (TPSA) is 126 Å². The highest BCUT2D eigenvalue weighted by molar-refractivity contribution is 5.98. The van der Waals surface area contributed by atoms with Crippen LogP contribution in [0.1, 0.15) is 26.3 Å². The second kappa shape index (κ2) is 8.24. The Kier molecular flexibility index (Phi) is 5.57. The van der Waals surface area contributed by atoms with Crippen LogP contribution >= 0.6 is 0 Å². The van der Waals surface area contributed by atoms with Crippen molar-refractivity contribution < 1.29 is 25.5 Å². The maximum absolute atomic E-state index is 11.6. The van der Waals surface area contributed by atoms with E-state index < -0.39 is 11.9 Å². The fourth-order valence-corrected chi connectivity index (χ4v) is 2.80. The third-order valence-corrected chi connectivity index (χ3v) is 4.23. The second-order valence-electron chi connectivity index (χ2n) is 6.08. The number of carboxylic acid groups (broad SMARTS) is 2. The first-order chi connectivity index (χ1) is 13.5. The minimum atomic E-state index is -1.04. The van der Waals surface area contributed by atoms with E-state index in [9.17, 15) is 19.8 Å². The molecule has 0 saturated heterocycles. The highest BCUT2D eigenvalue weighted by Gasteiger charge is 2.14. The first-order valence-electron chi connectivity index (χ1n) is 8.60. The molecule has 0 radical (unpaired) electrons. The van der Waals surface area contributed by atoms with Gasteiger partial charge >= 0.3 is 11.9 Å². The number of aromatic carboxylic acids is 2. The third-order valence-electron chi connectivity index (χ3n) is 4.23. The number of nitrogens with one attached hydrogen (secondary N) is 2. The fraction of sp³-hybridized carbons (Fsp3) is 0.0476. The van der Waals surface area contributed by atoms with Crippen molar-refractivity contribution in [1.29, 1.82) is 0 Å². The zero-order valence-electron chi connectivity index (χ0n) is 15.0. The van der Waals surface area contributed by atoms with Crippen molar-refractivity contribution in [2.45, 2.75) is 6.54 Å². The first kappa shape index (κ1) is 18.9. The summed E-state index contributed by atoms with van der Waals surface area (Å²) in [6, 6.07) is 18.9. The smallest absolute Gasteiger partial charge is 0.337 e. The van der Waals surface area contributed by atoms with Crippen molar-refractivity contribution in [2.24, 2.45) is 0 Å². The quantitative estimate of drug-likeness (QED) is 0.429. The van der Waals surface area contributed by atoms with Gasteiger partial charge in [0.1, 0.15) is 0 Å². The van der Waals surface area contributed by atoms with E-state index >= 15 is 0 Å². The summed E-state index contributed by atoms with van der Waals surface area (Å²) in [5.41, 5.74) is 7.00. The fourth-order valence-electron chi connectivity index (χ4n) is 2.80. The van der Waals surface area contributed by atoms with E-state index in [1.807, 2.05) is 6.07 Å². The van der Waals surface area contributed by atoms with Crippen molar-refractivity contribution in [3.8, 4) is 0 Å². The number of benzene rings is 3. The third kappa shape index (κ3) is 4.11. The zero-order chi connectivity index (χ0) is 20.1. The largest absolute Gasteiger partial charge is 0.478 e. The molecule has 0 saturated carbocycles. The van der Waals surface area contributed by atoms with Crippen LogP contribution in [0.4, 0.5) is 22.7 Å². The molecular formula is C21H20N3O4+. The van der Waals surface area contributed by atoms with Gasteiger partial charge < -0.3 is 26.6 Å². The molecule has 3 rings (SSSR count). The van der Waals surface area contributed by atoms with Crippen LogP contribution in [0.15, 0.2) is 66.7 Å². The van der Waals surface area contributed by atoms with Crippen LogP contribution in [-0.2, 0) is 6.54 Å². The SMILES string of the molecule is [NH3+]Cc1ccc(Nc2ccccc2Nc2ccccc2C(=O)O)c(C(=O)O)c1.